The molecule has 0 spiro atoms. The summed E-state index contributed by atoms with van der Waals surface area (Å²) in [5.41, 5.74) is 1.05. The monoisotopic (exact) mass is 275 g/mol. The molecule has 2 heterocycles. The van der Waals surface area contributed by atoms with Gasteiger partial charge >= 0.3 is 0 Å². The van der Waals surface area contributed by atoms with E-state index in [9.17, 15) is 0 Å². The lowest BCUT2D eigenvalue weighted by atomic mass is 9.83. The minimum absolute atomic E-state index is 0.0508. The topological polar surface area (TPSA) is 60.0 Å². The van der Waals surface area contributed by atoms with Crippen molar-refractivity contribution in [2.45, 2.75) is 31.7 Å². The summed E-state index contributed by atoms with van der Waals surface area (Å²) in [5, 5.41) is 4.14. The molecule has 0 radical (unpaired) electrons. The first-order valence-electron chi connectivity index (χ1n) is 7.10. The van der Waals surface area contributed by atoms with Crippen molar-refractivity contribution < 1.29 is 4.52 Å². The number of aryl methyl sites for hydroxylation is 1. The van der Waals surface area contributed by atoms with Crippen LogP contribution in [0.25, 0.3) is 0 Å². The number of aromatic nitrogens is 4. The fourth-order valence-electron chi connectivity index (χ4n) is 2.66. The maximum atomic E-state index is 5.49. The van der Waals surface area contributed by atoms with Crippen molar-refractivity contribution in [1.82, 2.24) is 24.6 Å². The molecule has 0 amide bonds. The van der Waals surface area contributed by atoms with Gasteiger partial charge in [-0.2, -0.15) is 4.98 Å². The molecule has 2 aromatic rings. The molecule has 1 aliphatic rings. The molecular formula is C14H21N5O. The van der Waals surface area contributed by atoms with Gasteiger partial charge in [-0.1, -0.05) is 24.4 Å². The molecule has 20 heavy (non-hydrogen) atoms. The van der Waals surface area contributed by atoms with Crippen molar-refractivity contribution >= 4 is 0 Å². The predicted molar refractivity (Wildman–Crippen MR) is 74.1 cm³/mol. The molecule has 2 aromatic heterocycles. The van der Waals surface area contributed by atoms with Gasteiger partial charge in [0.05, 0.1) is 18.2 Å². The SMILES string of the molecule is CN(C)C(c1nc(CC2CCC2)no1)c1cncn1C. The second kappa shape index (κ2) is 5.36. The van der Waals surface area contributed by atoms with E-state index >= 15 is 0 Å². The molecular weight excluding hydrogens is 254 g/mol. The highest BCUT2D eigenvalue weighted by Gasteiger charge is 2.27. The van der Waals surface area contributed by atoms with E-state index in [1.54, 1.807) is 6.33 Å². The Bertz CT molecular complexity index is 570. The summed E-state index contributed by atoms with van der Waals surface area (Å²) in [6.45, 7) is 0. The first kappa shape index (κ1) is 13.3. The van der Waals surface area contributed by atoms with E-state index in [0.717, 1.165) is 23.9 Å². The standard InChI is InChI=1S/C14H21N5O/c1-18(2)13(11-8-15-9-19(11)3)14-16-12(17-20-14)7-10-5-4-6-10/h8-10,13H,4-7H2,1-3H3. The van der Waals surface area contributed by atoms with Crippen LogP contribution in [-0.4, -0.2) is 38.7 Å². The normalized spacial score (nSPS) is 17.4. The summed E-state index contributed by atoms with van der Waals surface area (Å²) in [6.07, 6.45) is 8.50. The van der Waals surface area contributed by atoms with Crippen LogP contribution in [0.2, 0.25) is 0 Å². The number of hydrogen-bond donors (Lipinski definition) is 0. The summed E-state index contributed by atoms with van der Waals surface area (Å²) in [6, 6.07) is -0.0508. The Morgan fingerprint density at radius 2 is 2.25 bits per heavy atom. The fraction of sp³-hybridized carbons (Fsp3) is 0.643. The van der Waals surface area contributed by atoms with Gasteiger partial charge in [0.1, 0.15) is 6.04 Å². The molecule has 108 valence electrons. The molecule has 0 saturated heterocycles. The quantitative estimate of drug-likeness (QED) is 0.832. The highest BCUT2D eigenvalue weighted by Crippen LogP contribution is 2.30. The maximum absolute atomic E-state index is 5.49. The smallest absolute Gasteiger partial charge is 0.250 e. The second-order valence-corrected chi connectivity index (χ2v) is 5.85. The van der Waals surface area contributed by atoms with Crippen LogP contribution in [0.1, 0.15) is 42.7 Å². The van der Waals surface area contributed by atoms with Gasteiger partial charge in [0.2, 0.25) is 5.89 Å². The molecule has 3 rings (SSSR count). The Kier molecular flexibility index (Phi) is 3.56. The molecule has 1 saturated carbocycles. The summed E-state index contributed by atoms with van der Waals surface area (Å²) in [7, 11) is 5.99. The van der Waals surface area contributed by atoms with E-state index < -0.39 is 0 Å². The van der Waals surface area contributed by atoms with Crippen molar-refractivity contribution in [2.24, 2.45) is 13.0 Å². The second-order valence-electron chi connectivity index (χ2n) is 5.85. The minimum atomic E-state index is -0.0508. The van der Waals surface area contributed by atoms with Gasteiger partial charge in [-0.05, 0) is 20.0 Å². The molecule has 1 unspecified atom stereocenters. The average molecular weight is 275 g/mol. The molecule has 0 bridgehead atoms. The lowest BCUT2D eigenvalue weighted by Crippen LogP contribution is -2.23. The van der Waals surface area contributed by atoms with Crippen LogP contribution in [-0.2, 0) is 13.5 Å². The Labute approximate surface area is 118 Å². The van der Waals surface area contributed by atoms with E-state index in [0.29, 0.717) is 5.89 Å². The highest BCUT2D eigenvalue weighted by molar-refractivity contribution is 5.14. The van der Waals surface area contributed by atoms with Crippen LogP contribution in [0.15, 0.2) is 17.0 Å². The van der Waals surface area contributed by atoms with Gasteiger partial charge in [-0.25, -0.2) is 4.98 Å². The summed E-state index contributed by atoms with van der Waals surface area (Å²) >= 11 is 0. The van der Waals surface area contributed by atoms with Gasteiger partial charge in [-0.15, -0.1) is 0 Å². The van der Waals surface area contributed by atoms with E-state index in [4.69, 9.17) is 4.52 Å². The van der Waals surface area contributed by atoms with Crippen molar-refractivity contribution in [3.8, 4) is 0 Å². The molecule has 0 N–H and O–H groups in total. The molecule has 0 aliphatic heterocycles. The van der Waals surface area contributed by atoms with Crippen LogP contribution in [0, 0.1) is 5.92 Å². The average Bonchev–Trinajstić information content (AvgIpc) is 2.95. The minimum Gasteiger partial charge on any atom is -0.337 e. The fourth-order valence-corrected chi connectivity index (χ4v) is 2.66. The Balaban J connectivity index is 1.82. The zero-order chi connectivity index (χ0) is 14.1. The highest BCUT2D eigenvalue weighted by atomic mass is 16.5. The number of rotatable bonds is 5. The largest absolute Gasteiger partial charge is 0.337 e. The van der Waals surface area contributed by atoms with Gasteiger partial charge in [0, 0.05) is 13.5 Å². The molecule has 1 fully saturated rings. The third kappa shape index (κ3) is 2.47. The Hall–Kier alpha value is -1.69. The summed E-state index contributed by atoms with van der Waals surface area (Å²) in [5.74, 6) is 2.22. The van der Waals surface area contributed by atoms with E-state index in [1.807, 2.05) is 31.9 Å². The van der Waals surface area contributed by atoms with E-state index in [2.05, 4.69) is 20.0 Å². The van der Waals surface area contributed by atoms with Gasteiger partial charge in [0.25, 0.3) is 0 Å². The number of hydrogen-bond acceptors (Lipinski definition) is 5. The van der Waals surface area contributed by atoms with Crippen molar-refractivity contribution in [3.63, 3.8) is 0 Å². The molecule has 1 atom stereocenters. The zero-order valence-corrected chi connectivity index (χ0v) is 12.3. The van der Waals surface area contributed by atoms with Crippen LogP contribution >= 0.6 is 0 Å². The Morgan fingerprint density at radius 1 is 1.45 bits per heavy atom. The lowest BCUT2D eigenvalue weighted by Gasteiger charge is -2.23. The maximum Gasteiger partial charge on any atom is 0.250 e. The van der Waals surface area contributed by atoms with Crippen LogP contribution in [0.5, 0.6) is 0 Å². The third-order valence-corrected chi connectivity index (χ3v) is 4.06. The van der Waals surface area contributed by atoms with Crippen molar-refractivity contribution in [3.05, 3.63) is 29.9 Å². The van der Waals surface area contributed by atoms with E-state index in [-0.39, 0.29) is 6.04 Å². The van der Waals surface area contributed by atoms with Gasteiger partial charge in [0.15, 0.2) is 5.82 Å². The van der Waals surface area contributed by atoms with Crippen molar-refractivity contribution in [1.29, 1.82) is 0 Å². The lowest BCUT2D eigenvalue weighted by molar-refractivity contribution is 0.252. The Morgan fingerprint density at radius 3 is 2.80 bits per heavy atom. The number of imidazole rings is 1. The molecule has 6 nitrogen and oxygen atoms in total. The van der Waals surface area contributed by atoms with Gasteiger partial charge < -0.3 is 9.09 Å². The summed E-state index contributed by atoms with van der Waals surface area (Å²) in [4.78, 5) is 10.8. The zero-order valence-electron chi connectivity index (χ0n) is 12.3. The molecule has 0 aromatic carbocycles. The predicted octanol–water partition coefficient (Wildman–Crippen LogP) is 1.80. The third-order valence-electron chi connectivity index (χ3n) is 4.06. The van der Waals surface area contributed by atoms with Crippen LogP contribution in [0.4, 0.5) is 0 Å². The van der Waals surface area contributed by atoms with Crippen molar-refractivity contribution in [2.75, 3.05) is 14.1 Å². The molecule has 1 aliphatic carbocycles. The first-order chi connectivity index (χ1) is 9.65. The first-order valence-corrected chi connectivity index (χ1v) is 7.10. The number of nitrogens with zero attached hydrogens (tertiary/aromatic N) is 5. The summed E-state index contributed by atoms with van der Waals surface area (Å²) < 4.78 is 7.48. The van der Waals surface area contributed by atoms with Crippen LogP contribution in [0.3, 0.4) is 0 Å². The van der Waals surface area contributed by atoms with E-state index in [1.165, 1.54) is 19.3 Å². The van der Waals surface area contributed by atoms with Gasteiger partial charge in [-0.3, -0.25) is 4.90 Å². The van der Waals surface area contributed by atoms with Crippen LogP contribution < -0.4 is 0 Å². The molecule has 6 heteroatoms.